The molecule has 0 aliphatic rings. The maximum Gasteiger partial charge on any atom is 0.120 e. The Morgan fingerprint density at radius 1 is 1.23 bits per heavy atom. The second kappa shape index (κ2) is 4.84. The number of aliphatic hydroxyl groups is 2. The summed E-state index contributed by atoms with van der Waals surface area (Å²) in [5, 5.41) is 17.5. The van der Waals surface area contributed by atoms with Crippen molar-refractivity contribution < 1.29 is 14.9 Å². The minimum Gasteiger partial charge on any atom is -0.491 e. The van der Waals surface area contributed by atoms with Crippen LogP contribution in [0.2, 0.25) is 0 Å². The number of hydrogen-bond donors (Lipinski definition) is 2. The van der Waals surface area contributed by atoms with Gasteiger partial charge in [0.15, 0.2) is 0 Å². The molecule has 13 heavy (non-hydrogen) atoms. The molecule has 0 aliphatic carbocycles. The van der Waals surface area contributed by atoms with Crippen LogP contribution in [0.1, 0.15) is 11.1 Å². The first-order chi connectivity index (χ1) is 6.26. The molecule has 0 atom stereocenters. The van der Waals surface area contributed by atoms with Crippen LogP contribution in [0.4, 0.5) is 0 Å². The summed E-state index contributed by atoms with van der Waals surface area (Å²) in [6.45, 7) is 2.23. The number of rotatable bonds is 4. The summed E-state index contributed by atoms with van der Waals surface area (Å²) in [5.41, 5.74) is 1.87. The lowest BCUT2D eigenvalue weighted by molar-refractivity contribution is 0.201. The number of aryl methyl sites for hydroxylation is 1. The summed E-state index contributed by atoms with van der Waals surface area (Å²) in [6, 6.07) is 5.53. The minimum absolute atomic E-state index is 0.00238. The second-order valence-corrected chi connectivity index (χ2v) is 2.88. The molecule has 1 rings (SSSR count). The van der Waals surface area contributed by atoms with Gasteiger partial charge in [-0.05, 0) is 30.2 Å². The first-order valence-corrected chi connectivity index (χ1v) is 4.21. The van der Waals surface area contributed by atoms with Crippen molar-refractivity contribution in [2.45, 2.75) is 13.5 Å². The Morgan fingerprint density at radius 3 is 2.62 bits per heavy atom. The maximum atomic E-state index is 8.91. The molecule has 0 aliphatic heterocycles. The van der Waals surface area contributed by atoms with Crippen molar-refractivity contribution >= 4 is 0 Å². The molecule has 0 saturated carbocycles. The summed E-state index contributed by atoms with van der Waals surface area (Å²) in [6.07, 6.45) is 0. The van der Waals surface area contributed by atoms with E-state index in [1.807, 2.05) is 19.1 Å². The molecule has 0 radical (unpaired) electrons. The highest BCUT2D eigenvalue weighted by atomic mass is 16.5. The topological polar surface area (TPSA) is 49.7 Å². The minimum atomic E-state index is 0.00238. The molecular weight excluding hydrogens is 168 g/mol. The van der Waals surface area contributed by atoms with E-state index >= 15 is 0 Å². The van der Waals surface area contributed by atoms with Gasteiger partial charge >= 0.3 is 0 Å². The lowest BCUT2D eigenvalue weighted by Crippen LogP contribution is -2.02. The lowest BCUT2D eigenvalue weighted by Gasteiger charge is -2.06. The van der Waals surface area contributed by atoms with Gasteiger partial charge in [0.1, 0.15) is 12.4 Å². The molecule has 0 heterocycles. The van der Waals surface area contributed by atoms with Crippen molar-refractivity contribution in [1.29, 1.82) is 0 Å². The van der Waals surface area contributed by atoms with E-state index in [1.54, 1.807) is 6.07 Å². The predicted molar refractivity (Wildman–Crippen MR) is 49.7 cm³/mol. The summed E-state index contributed by atoms with van der Waals surface area (Å²) < 4.78 is 5.22. The number of hydrogen-bond acceptors (Lipinski definition) is 3. The molecule has 3 heteroatoms. The molecule has 0 unspecified atom stereocenters. The van der Waals surface area contributed by atoms with Gasteiger partial charge in [0, 0.05) is 0 Å². The Hall–Kier alpha value is -1.06. The molecule has 0 aromatic heterocycles. The Morgan fingerprint density at radius 2 is 2.00 bits per heavy atom. The third-order valence-electron chi connectivity index (χ3n) is 1.65. The van der Waals surface area contributed by atoms with Gasteiger partial charge in [-0.15, -0.1) is 0 Å². The second-order valence-electron chi connectivity index (χ2n) is 2.88. The fourth-order valence-corrected chi connectivity index (χ4v) is 1.16. The number of aliphatic hydroxyl groups excluding tert-OH is 2. The molecule has 1 aromatic rings. The first kappa shape index (κ1) is 10.0. The van der Waals surface area contributed by atoms with Gasteiger partial charge in [0.05, 0.1) is 13.2 Å². The van der Waals surface area contributed by atoms with Crippen LogP contribution < -0.4 is 4.74 Å². The molecule has 2 N–H and O–H groups in total. The molecule has 72 valence electrons. The molecular formula is C10H14O3. The zero-order valence-electron chi connectivity index (χ0n) is 7.66. The van der Waals surface area contributed by atoms with Gasteiger partial charge in [0.25, 0.3) is 0 Å². The Balaban J connectivity index is 2.76. The van der Waals surface area contributed by atoms with Gasteiger partial charge in [-0.1, -0.05) is 6.07 Å². The van der Waals surface area contributed by atoms with Gasteiger partial charge in [0.2, 0.25) is 0 Å². The number of ether oxygens (including phenoxy) is 1. The predicted octanol–water partition coefficient (Wildman–Crippen LogP) is 0.858. The zero-order valence-corrected chi connectivity index (χ0v) is 7.66. The smallest absolute Gasteiger partial charge is 0.120 e. The van der Waals surface area contributed by atoms with E-state index in [4.69, 9.17) is 14.9 Å². The average molecular weight is 182 g/mol. The summed E-state index contributed by atoms with van der Waals surface area (Å²) in [5.74, 6) is 0.693. The SMILES string of the molecule is Cc1cc(CO)cc(OCCO)c1. The van der Waals surface area contributed by atoms with Gasteiger partial charge in [-0.2, -0.15) is 0 Å². The Labute approximate surface area is 77.6 Å². The third-order valence-corrected chi connectivity index (χ3v) is 1.65. The normalized spacial score (nSPS) is 10.1. The van der Waals surface area contributed by atoms with Crippen LogP contribution in [0.5, 0.6) is 5.75 Å². The average Bonchev–Trinajstić information content (AvgIpc) is 2.14. The summed E-state index contributed by atoms with van der Waals surface area (Å²) in [4.78, 5) is 0. The van der Waals surface area contributed by atoms with Crippen molar-refractivity contribution in [2.75, 3.05) is 13.2 Å². The van der Waals surface area contributed by atoms with Crippen molar-refractivity contribution in [3.63, 3.8) is 0 Å². The highest BCUT2D eigenvalue weighted by Gasteiger charge is 1.98. The van der Waals surface area contributed by atoms with E-state index < -0.39 is 0 Å². The summed E-state index contributed by atoms with van der Waals surface area (Å²) >= 11 is 0. The van der Waals surface area contributed by atoms with E-state index in [0.717, 1.165) is 11.1 Å². The monoisotopic (exact) mass is 182 g/mol. The van der Waals surface area contributed by atoms with Crippen molar-refractivity contribution in [2.24, 2.45) is 0 Å². The van der Waals surface area contributed by atoms with Gasteiger partial charge in [-0.3, -0.25) is 0 Å². The number of benzene rings is 1. The first-order valence-electron chi connectivity index (χ1n) is 4.21. The quantitative estimate of drug-likeness (QED) is 0.726. The van der Waals surface area contributed by atoms with E-state index in [2.05, 4.69) is 0 Å². The van der Waals surface area contributed by atoms with E-state index in [9.17, 15) is 0 Å². The highest BCUT2D eigenvalue weighted by Crippen LogP contribution is 2.16. The van der Waals surface area contributed by atoms with Gasteiger partial charge < -0.3 is 14.9 Å². The molecule has 0 saturated heterocycles. The maximum absolute atomic E-state index is 8.91. The fraction of sp³-hybridized carbons (Fsp3) is 0.400. The van der Waals surface area contributed by atoms with E-state index in [1.165, 1.54) is 0 Å². The molecule has 0 fully saturated rings. The lowest BCUT2D eigenvalue weighted by atomic mass is 10.1. The Kier molecular flexibility index (Phi) is 3.73. The van der Waals surface area contributed by atoms with E-state index in [0.29, 0.717) is 5.75 Å². The van der Waals surface area contributed by atoms with Crippen LogP contribution in [0.3, 0.4) is 0 Å². The molecule has 1 aromatic carbocycles. The van der Waals surface area contributed by atoms with Gasteiger partial charge in [-0.25, -0.2) is 0 Å². The van der Waals surface area contributed by atoms with E-state index in [-0.39, 0.29) is 19.8 Å². The zero-order chi connectivity index (χ0) is 9.68. The fourth-order valence-electron chi connectivity index (χ4n) is 1.16. The van der Waals surface area contributed by atoms with Crippen LogP contribution in [-0.2, 0) is 6.61 Å². The summed E-state index contributed by atoms with van der Waals surface area (Å²) in [7, 11) is 0. The molecule has 3 nitrogen and oxygen atoms in total. The van der Waals surface area contributed by atoms with Crippen molar-refractivity contribution in [3.8, 4) is 5.75 Å². The van der Waals surface area contributed by atoms with Crippen LogP contribution in [0, 0.1) is 6.92 Å². The third kappa shape index (κ3) is 3.05. The van der Waals surface area contributed by atoms with Crippen molar-refractivity contribution in [3.05, 3.63) is 29.3 Å². The van der Waals surface area contributed by atoms with Crippen molar-refractivity contribution in [1.82, 2.24) is 0 Å². The molecule has 0 amide bonds. The highest BCUT2D eigenvalue weighted by molar-refractivity contribution is 5.33. The standard InChI is InChI=1S/C10H14O3/c1-8-4-9(7-12)6-10(5-8)13-3-2-11/h4-6,11-12H,2-3,7H2,1H3. The van der Waals surface area contributed by atoms with Crippen LogP contribution in [0.25, 0.3) is 0 Å². The van der Waals surface area contributed by atoms with Crippen LogP contribution in [0.15, 0.2) is 18.2 Å². The molecule has 0 bridgehead atoms. The van der Waals surface area contributed by atoms with Crippen LogP contribution in [-0.4, -0.2) is 23.4 Å². The van der Waals surface area contributed by atoms with Crippen LogP contribution >= 0.6 is 0 Å². The Bertz CT molecular complexity index is 271. The molecule has 0 spiro atoms. The largest absolute Gasteiger partial charge is 0.491 e.